The number of thiazole rings is 1. The molecule has 1 fully saturated rings. The van der Waals surface area contributed by atoms with Crippen molar-refractivity contribution in [3.05, 3.63) is 29.5 Å². The molecule has 1 atom stereocenters. The zero-order valence-electron chi connectivity index (χ0n) is 11.2. The maximum absolute atomic E-state index is 12.4. The number of carbonyl (C=O) groups is 2. The van der Waals surface area contributed by atoms with E-state index < -0.39 is 11.9 Å². The molecule has 7 heteroatoms. The molecule has 0 saturated carbocycles. The highest BCUT2D eigenvalue weighted by Gasteiger charge is 2.29. The van der Waals surface area contributed by atoms with Crippen LogP contribution in [0.4, 0.5) is 0 Å². The Labute approximate surface area is 125 Å². The van der Waals surface area contributed by atoms with Gasteiger partial charge in [0, 0.05) is 18.5 Å². The number of nitrogens with zero attached hydrogens (tertiary/aromatic N) is 2. The SMILES string of the molecule is O=C(O)[C@H]1CCCN(C(=O)c2csc(-c3ccco3)n2)C1. The van der Waals surface area contributed by atoms with Crippen molar-refractivity contribution < 1.29 is 19.1 Å². The molecular formula is C14H14N2O4S. The number of hydrogen-bond donors (Lipinski definition) is 1. The van der Waals surface area contributed by atoms with Crippen LogP contribution in [0.1, 0.15) is 23.3 Å². The highest BCUT2D eigenvalue weighted by atomic mass is 32.1. The van der Waals surface area contributed by atoms with Crippen molar-refractivity contribution in [2.45, 2.75) is 12.8 Å². The average Bonchev–Trinajstić information content (AvgIpc) is 3.17. The summed E-state index contributed by atoms with van der Waals surface area (Å²) in [7, 11) is 0. The fourth-order valence-corrected chi connectivity index (χ4v) is 3.17. The Hall–Kier alpha value is -2.15. The number of likely N-dealkylation sites (tertiary alicyclic amines) is 1. The van der Waals surface area contributed by atoms with E-state index in [1.165, 1.54) is 11.3 Å². The fourth-order valence-electron chi connectivity index (χ4n) is 2.41. The third kappa shape index (κ3) is 2.82. The number of carboxylic acid groups (broad SMARTS) is 1. The van der Waals surface area contributed by atoms with Gasteiger partial charge in [-0.05, 0) is 25.0 Å². The molecule has 21 heavy (non-hydrogen) atoms. The molecule has 3 rings (SSSR count). The minimum Gasteiger partial charge on any atom is -0.481 e. The normalized spacial score (nSPS) is 18.7. The van der Waals surface area contributed by atoms with Gasteiger partial charge in [-0.25, -0.2) is 4.98 Å². The first kappa shape index (κ1) is 13.8. The van der Waals surface area contributed by atoms with E-state index in [0.717, 1.165) is 0 Å². The summed E-state index contributed by atoms with van der Waals surface area (Å²) in [4.78, 5) is 29.3. The van der Waals surface area contributed by atoms with Gasteiger partial charge in [0.15, 0.2) is 10.8 Å². The maximum atomic E-state index is 12.4. The molecule has 3 heterocycles. The Morgan fingerprint density at radius 3 is 3.05 bits per heavy atom. The number of aromatic nitrogens is 1. The van der Waals surface area contributed by atoms with Crippen LogP contribution in [-0.4, -0.2) is 40.0 Å². The lowest BCUT2D eigenvalue weighted by Crippen LogP contribution is -2.42. The van der Waals surface area contributed by atoms with Gasteiger partial charge in [0.05, 0.1) is 12.2 Å². The predicted octanol–water partition coefficient (Wildman–Crippen LogP) is 2.34. The topological polar surface area (TPSA) is 83.6 Å². The Balaban J connectivity index is 1.74. The molecule has 6 nitrogen and oxygen atoms in total. The second-order valence-corrected chi connectivity index (χ2v) is 5.80. The van der Waals surface area contributed by atoms with E-state index in [4.69, 9.17) is 9.52 Å². The first-order valence-corrected chi connectivity index (χ1v) is 7.54. The summed E-state index contributed by atoms with van der Waals surface area (Å²) in [6.07, 6.45) is 2.88. The molecule has 2 aromatic rings. The highest BCUT2D eigenvalue weighted by Crippen LogP contribution is 2.25. The van der Waals surface area contributed by atoms with Crippen molar-refractivity contribution in [2.75, 3.05) is 13.1 Å². The minimum atomic E-state index is -0.845. The van der Waals surface area contributed by atoms with Crippen LogP contribution in [0.25, 0.3) is 10.8 Å². The van der Waals surface area contributed by atoms with Crippen molar-refractivity contribution in [2.24, 2.45) is 5.92 Å². The summed E-state index contributed by atoms with van der Waals surface area (Å²) in [6, 6.07) is 3.55. The van der Waals surface area contributed by atoms with Crippen LogP contribution in [0.3, 0.4) is 0 Å². The molecule has 0 aliphatic carbocycles. The summed E-state index contributed by atoms with van der Waals surface area (Å²) in [5.74, 6) is -0.913. The molecule has 1 aliphatic heterocycles. The van der Waals surface area contributed by atoms with Crippen molar-refractivity contribution in [1.82, 2.24) is 9.88 Å². The van der Waals surface area contributed by atoms with E-state index in [1.807, 2.05) is 0 Å². The number of amides is 1. The lowest BCUT2D eigenvalue weighted by Gasteiger charge is -2.30. The largest absolute Gasteiger partial charge is 0.481 e. The minimum absolute atomic E-state index is 0.213. The van der Waals surface area contributed by atoms with Gasteiger partial charge in [-0.3, -0.25) is 9.59 Å². The number of carboxylic acids is 1. The number of rotatable bonds is 3. The number of furan rings is 1. The van der Waals surface area contributed by atoms with Crippen LogP contribution in [0.2, 0.25) is 0 Å². The monoisotopic (exact) mass is 306 g/mol. The molecule has 1 N–H and O–H groups in total. The number of aliphatic carboxylic acids is 1. The summed E-state index contributed by atoms with van der Waals surface area (Å²) >= 11 is 1.34. The van der Waals surface area contributed by atoms with Crippen molar-refractivity contribution in [3.63, 3.8) is 0 Å². The van der Waals surface area contributed by atoms with E-state index in [1.54, 1.807) is 28.7 Å². The second kappa shape index (κ2) is 5.69. The Morgan fingerprint density at radius 1 is 1.48 bits per heavy atom. The highest BCUT2D eigenvalue weighted by molar-refractivity contribution is 7.13. The third-order valence-corrected chi connectivity index (χ3v) is 4.37. The molecule has 1 aliphatic rings. The van der Waals surface area contributed by atoms with E-state index in [9.17, 15) is 9.59 Å². The van der Waals surface area contributed by atoms with Crippen LogP contribution in [0.15, 0.2) is 28.2 Å². The maximum Gasteiger partial charge on any atom is 0.308 e. The smallest absolute Gasteiger partial charge is 0.308 e. The summed E-state index contributed by atoms with van der Waals surface area (Å²) < 4.78 is 5.25. The van der Waals surface area contributed by atoms with E-state index in [0.29, 0.717) is 35.8 Å². The average molecular weight is 306 g/mol. The van der Waals surface area contributed by atoms with Gasteiger partial charge >= 0.3 is 5.97 Å². The van der Waals surface area contributed by atoms with E-state index in [2.05, 4.69) is 4.98 Å². The molecule has 1 amide bonds. The second-order valence-electron chi connectivity index (χ2n) is 4.94. The van der Waals surface area contributed by atoms with E-state index in [-0.39, 0.29) is 12.5 Å². The third-order valence-electron chi connectivity index (χ3n) is 3.51. The lowest BCUT2D eigenvalue weighted by molar-refractivity contribution is -0.143. The molecule has 1 saturated heterocycles. The quantitative estimate of drug-likeness (QED) is 0.941. The van der Waals surface area contributed by atoms with Gasteiger partial charge < -0.3 is 14.4 Å². The molecule has 0 aromatic carbocycles. The molecule has 0 unspecified atom stereocenters. The van der Waals surface area contributed by atoms with Crippen molar-refractivity contribution >= 4 is 23.2 Å². The van der Waals surface area contributed by atoms with Crippen molar-refractivity contribution in [3.8, 4) is 10.8 Å². The summed E-state index contributed by atoms with van der Waals surface area (Å²) in [5.41, 5.74) is 0.345. The molecule has 0 radical (unpaired) electrons. The van der Waals surface area contributed by atoms with E-state index >= 15 is 0 Å². The van der Waals surface area contributed by atoms with Gasteiger partial charge in [-0.1, -0.05) is 0 Å². The Morgan fingerprint density at radius 2 is 2.33 bits per heavy atom. The number of carbonyl (C=O) groups excluding carboxylic acids is 1. The molecule has 2 aromatic heterocycles. The van der Waals surface area contributed by atoms with Crippen LogP contribution < -0.4 is 0 Å². The molecule has 110 valence electrons. The van der Waals surface area contributed by atoms with Gasteiger partial charge in [0.2, 0.25) is 0 Å². The first-order chi connectivity index (χ1) is 10.1. The zero-order chi connectivity index (χ0) is 14.8. The summed E-state index contributed by atoms with van der Waals surface area (Å²) in [6.45, 7) is 0.831. The van der Waals surface area contributed by atoms with Crippen LogP contribution in [0, 0.1) is 5.92 Å². The molecule has 0 spiro atoms. The number of piperidine rings is 1. The van der Waals surface area contributed by atoms with Gasteiger partial charge in [-0.15, -0.1) is 11.3 Å². The van der Waals surface area contributed by atoms with Gasteiger partial charge in [-0.2, -0.15) is 0 Å². The molecular weight excluding hydrogens is 292 g/mol. The Bertz CT molecular complexity index is 650. The van der Waals surface area contributed by atoms with Gasteiger partial charge in [0.1, 0.15) is 5.69 Å². The van der Waals surface area contributed by atoms with Crippen molar-refractivity contribution in [1.29, 1.82) is 0 Å². The number of hydrogen-bond acceptors (Lipinski definition) is 5. The van der Waals surface area contributed by atoms with Crippen LogP contribution >= 0.6 is 11.3 Å². The van der Waals surface area contributed by atoms with Gasteiger partial charge in [0.25, 0.3) is 5.91 Å². The zero-order valence-corrected chi connectivity index (χ0v) is 12.0. The fraction of sp³-hybridized carbons (Fsp3) is 0.357. The first-order valence-electron chi connectivity index (χ1n) is 6.66. The lowest BCUT2D eigenvalue weighted by atomic mass is 9.98. The van der Waals surface area contributed by atoms with Crippen LogP contribution in [-0.2, 0) is 4.79 Å². The molecule has 0 bridgehead atoms. The Kier molecular flexibility index (Phi) is 3.74. The predicted molar refractivity (Wildman–Crippen MR) is 76.1 cm³/mol. The summed E-state index contributed by atoms with van der Waals surface area (Å²) in [5, 5.41) is 11.4. The standard InChI is InChI=1S/C14H14N2O4S/c17-13(16-5-1-3-9(7-16)14(18)19)10-8-21-12(15-10)11-4-2-6-20-11/h2,4,6,8-9H,1,3,5,7H2,(H,18,19)/t9-/m0/s1. The van der Waals surface area contributed by atoms with Crippen LogP contribution in [0.5, 0.6) is 0 Å².